The monoisotopic (exact) mass is 440 g/mol. The Morgan fingerprint density at radius 2 is 1.84 bits per heavy atom. The van der Waals surface area contributed by atoms with Crippen LogP contribution in [0.2, 0.25) is 0 Å². The van der Waals surface area contributed by atoms with Crippen LogP contribution in [-0.4, -0.2) is 36.2 Å². The van der Waals surface area contributed by atoms with Gasteiger partial charge in [0.15, 0.2) is 17.3 Å². The van der Waals surface area contributed by atoms with Crippen LogP contribution in [0, 0.1) is 17.8 Å². The van der Waals surface area contributed by atoms with Crippen molar-refractivity contribution in [3.8, 4) is 17.2 Å². The summed E-state index contributed by atoms with van der Waals surface area (Å²) in [5.74, 6) is 1.26. The van der Waals surface area contributed by atoms with Crippen molar-refractivity contribution >= 4 is 17.3 Å². The van der Waals surface area contributed by atoms with Gasteiger partial charge in [-0.1, -0.05) is 13.8 Å². The highest BCUT2D eigenvalue weighted by molar-refractivity contribution is 6.17. The molecule has 0 aromatic heterocycles. The van der Waals surface area contributed by atoms with Crippen molar-refractivity contribution in [1.82, 2.24) is 0 Å². The van der Waals surface area contributed by atoms with Crippen LogP contribution >= 0.6 is 0 Å². The van der Waals surface area contributed by atoms with E-state index in [2.05, 4.69) is 13.8 Å². The number of carbonyl (C=O) groups excluding carboxylic acids is 1. The fourth-order valence-corrected chi connectivity index (χ4v) is 4.89. The van der Waals surface area contributed by atoms with Crippen LogP contribution in [0.15, 0.2) is 29.4 Å². The third-order valence-corrected chi connectivity index (χ3v) is 6.47. The minimum Gasteiger partial charge on any atom is -0.493 e. The van der Waals surface area contributed by atoms with Crippen molar-refractivity contribution < 1.29 is 28.9 Å². The molecule has 1 aromatic carbocycles. The van der Waals surface area contributed by atoms with Crippen molar-refractivity contribution in [2.75, 3.05) is 7.11 Å². The number of benzene rings is 1. The predicted octanol–water partition coefficient (Wildman–Crippen LogP) is 5.05. The number of hydrogen-bond donors (Lipinski definition) is 1. The number of aliphatic carboxylic acids is 1. The van der Waals surface area contributed by atoms with E-state index in [4.69, 9.17) is 14.2 Å². The standard InChI is InChI=1S/C26H32O6/c1-13(2)25-19-10-17(26(28)29)20(27)9-8-16(15-6-7-15)24(19)18-11-22(30-5)23(31-14(3)4)12-21(18)32-25/h10-16,25H,6-9H2,1-5H3,(H,28,29)/b17-10+. The van der Waals surface area contributed by atoms with Crippen LogP contribution in [-0.2, 0) is 9.59 Å². The molecule has 1 saturated carbocycles. The lowest BCUT2D eigenvalue weighted by Crippen LogP contribution is -2.33. The molecule has 1 aliphatic heterocycles. The minimum absolute atomic E-state index is 0.0195. The highest BCUT2D eigenvalue weighted by Gasteiger charge is 2.42. The largest absolute Gasteiger partial charge is 0.493 e. The first-order valence-electron chi connectivity index (χ1n) is 11.5. The van der Waals surface area contributed by atoms with Gasteiger partial charge in [0.1, 0.15) is 17.4 Å². The summed E-state index contributed by atoms with van der Waals surface area (Å²) in [5, 5.41) is 9.74. The lowest BCUT2D eigenvalue weighted by atomic mass is 9.75. The molecule has 0 bridgehead atoms. The topological polar surface area (TPSA) is 82.1 Å². The molecule has 0 spiro atoms. The number of ether oxygens (including phenoxy) is 3. The molecule has 2 atom stereocenters. The van der Waals surface area contributed by atoms with E-state index in [-0.39, 0.29) is 41.8 Å². The molecule has 6 heteroatoms. The number of hydrogen-bond acceptors (Lipinski definition) is 5. The van der Waals surface area contributed by atoms with E-state index in [1.807, 2.05) is 26.0 Å². The third kappa shape index (κ3) is 4.15. The van der Waals surface area contributed by atoms with Crippen molar-refractivity contribution in [2.24, 2.45) is 17.8 Å². The Labute approximate surface area is 189 Å². The van der Waals surface area contributed by atoms with Crippen molar-refractivity contribution in [3.63, 3.8) is 0 Å². The summed E-state index contributed by atoms with van der Waals surface area (Å²) in [6.07, 6.45) is 4.34. The number of methoxy groups -OCH3 is 1. The smallest absolute Gasteiger partial charge is 0.339 e. The summed E-state index contributed by atoms with van der Waals surface area (Å²) >= 11 is 0. The van der Waals surface area contributed by atoms with Crippen LogP contribution < -0.4 is 14.2 Å². The number of rotatable bonds is 6. The van der Waals surface area contributed by atoms with Gasteiger partial charge < -0.3 is 19.3 Å². The van der Waals surface area contributed by atoms with Gasteiger partial charge in [0.2, 0.25) is 0 Å². The van der Waals surface area contributed by atoms with E-state index < -0.39 is 5.97 Å². The fourth-order valence-electron chi connectivity index (χ4n) is 4.89. The van der Waals surface area contributed by atoms with Crippen molar-refractivity contribution in [3.05, 3.63) is 34.9 Å². The zero-order chi connectivity index (χ0) is 23.2. The van der Waals surface area contributed by atoms with Gasteiger partial charge in [0.05, 0.1) is 13.2 Å². The van der Waals surface area contributed by atoms with Gasteiger partial charge in [-0.15, -0.1) is 0 Å². The van der Waals surface area contributed by atoms with Gasteiger partial charge in [-0.2, -0.15) is 0 Å². The second-order valence-electron chi connectivity index (χ2n) is 9.59. The van der Waals surface area contributed by atoms with Crippen molar-refractivity contribution in [2.45, 2.75) is 65.6 Å². The fraction of sp³-hybridized carbons (Fsp3) is 0.538. The Balaban J connectivity index is 1.99. The van der Waals surface area contributed by atoms with E-state index >= 15 is 0 Å². The van der Waals surface area contributed by atoms with Crippen LogP contribution in [0.3, 0.4) is 0 Å². The van der Waals surface area contributed by atoms with Gasteiger partial charge in [-0.3, -0.25) is 4.79 Å². The van der Waals surface area contributed by atoms with E-state index in [9.17, 15) is 14.7 Å². The van der Waals surface area contributed by atoms with Gasteiger partial charge in [-0.05, 0) is 74.2 Å². The average molecular weight is 441 g/mol. The summed E-state index contributed by atoms with van der Waals surface area (Å²) in [5.41, 5.74) is 2.68. The maximum Gasteiger partial charge on any atom is 0.339 e. The summed E-state index contributed by atoms with van der Waals surface area (Å²) < 4.78 is 18.1. The molecular weight excluding hydrogens is 408 g/mol. The Morgan fingerprint density at radius 3 is 2.41 bits per heavy atom. The van der Waals surface area contributed by atoms with E-state index in [0.29, 0.717) is 23.8 Å². The normalized spacial score (nSPS) is 24.7. The lowest BCUT2D eigenvalue weighted by Gasteiger charge is -2.37. The Bertz CT molecular complexity index is 996. The number of carboxylic acids is 1. The van der Waals surface area contributed by atoms with E-state index in [1.54, 1.807) is 13.2 Å². The first-order chi connectivity index (χ1) is 15.2. The van der Waals surface area contributed by atoms with Gasteiger partial charge in [-0.25, -0.2) is 4.79 Å². The molecule has 172 valence electrons. The molecule has 0 radical (unpaired) electrons. The van der Waals surface area contributed by atoms with Crippen LogP contribution in [0.1, 0.15) is 58.9 Å². The molecule has 0 saturated heterocycles. The van der Waals surface area contributed by atoms with Gasteiger partial charge in [0, 0.05) is 18.1 Å². The average Bonchev–Trinajstić information content (AvgIpc) is 3.54. The molecule has 2 aliphatic carbocycles. The van der Waals surface area contributed by atoms with Crippen molar-refractivity contribution in [1.29, 1.82) is 0 Å². The van der Waals surface area contributed by atoms with Crippen LogP contribution in [0.4, 0.5) is 0 Å². The molecule has 0 amide bonds. The molecule has 32 heavy (non-hydrogen) atoms. The number of carboxylic acid groups (broad SMARTS) is 1. The Kier molecular flexibility index (Phi) is 6.06. The zero-order valence-corrected chi connectivity index (χ0v) is 19.4. The maximum absolute atomic E-state index is 12.7. The van der Waals surface area contributed by atoms with Gasteiger partial charge >= 0.3 is 5.97 Å². The number of allylic oxidation sites excluding steroid dienone is 1. The molecule has 6 nitrogen and oxygen atoms in total. The molecule has 1 N–H and O–H groups in total. The predicted molar refractivity (Wildman–Crippen MR) is 121 cm³/mol. The number of Topliss-reactive ketones (excluding diaryl/α,β-unsaturated/α-hetero) is 1. The quantitative estimate of drug-likeness (QED) is 0.623. The molecular formula is C26H32O6. The van der Waals surface area contributed by atoms with Gasteiger partial charge in [0.25, 0.3) is 0 Å². The molecule has 3 aliphatic rings. The molecule has 2 unspecified atom stereocenters. The molecule has 4 rings (SSSR count). The molecule has 1 heterocycles. The number of carbonyl (C=O) groups is 2. The second-order valence-corrected chi connectivity index (χ2v) is 9.59. The Hall–Kier alpha value is -2.76. The summed E-state index contributed by atoms with van der Waals surface area (Å²) in [6.45, 7) is 8.03. The zero-order valence-electron chi connectivity index (χ0n) is 19.4. The minimum atomic E-state index is -1.18. The first kappa shape index (κ1) is 22.4. The highest BCUT2D eigenvalue weighted by atomic mass is 16.5. The first-order valence-corrected chi connectivity index (χ1v) is 11.5. The Morgan fingerprint density at radius 1 is 1.12 bits per heavy atom. The summed E-state index contributed by atoms with van der Waals surface area (Å²) in [6, 6.07) is 3.84. The summed E-state index contributed by atoms with van der Waals surface area (Å²) in [4.78, 5) is 24.6. The van der Waals surface area contributed by atoms with Crippen LogP contribution in [0.5, 0.6) is 17.2 Å². The van der Waals surface area contributed by atoms with E-state index in [1.165, 1.54) is 0 Å². The summed E-state index contributed by atoms with van der Waals surface area (Å²) in [7, 11) is 1.61. The lowest BCUT2D eigenvalue weighted by molar-refractivity contribution is -0.134. The SMILES string of the molecule is COc1cc2c(cc1OC(C)C)OC(C(C)C)C1=C2C(C2CC2)CCC(=O)/C(C(=O)O)=C\1. The van der Waals surface area contributed by atoms with Crippen LogP contribution in [0.25, 0.3) is 5.57 Å². The second kappa shape index (κ2) is 8.64. The third-order valence-electron chi connectivity index (χ3n) is 6.47. The number of fused-ring (bicyclic) bond motifs is 2. The van der Waals surface area contributed by atoms with E-state index in [0.717, 1.165) is 35.3 Å². The maximum atomic E-state index is 12.7. The highest BCUT2D eigenvalue weighted by Crippen LogP contribution is 2.54. The molecule has 1 fully saturated rings. The number of ketones is 1. The molecule has 1 aromatic rings.